The highest BCUT2D eigenvalue weighted by Crippen LogP contribution is 2.31. The maximum absolute atomic E-state index is 12.5. The number of pyridine rings is 2. The monoisotopic (exact) mass is 463 g/mol. The molecule has 12 heteroatoms. The number of rotatable bonds is 3. The Morgan fingerprint density at radius 2 is 1.64 bits per heavy atom. The molecule has 0 saturated heterocycles. The standard InChI is InChI=1S/C19H15N3O4.C2HF3O2/c23-18(13-1-2-16-17(10-13)26-8-7-25-16)22-15-9-14(11-21-19(15)24)12-3-5-20-6-4-12;3-2(4,5)1(6)7/h1-6,9-11H,7-8H2,(H,21,24)(H,22,23);(H,6,7). The Balaban J connectivity index is 0.000000383. The molecule has 0 aliphatic carbocycles. The van der Waals surface area contributed by atoms with Crippen molar-refractivity contribution in [3.8, 4) is 22.6 Å². The number of aromatic nitrogens is 2. The Bertz CT molecular complexity index is 1210. The summed E-state index contributed by atoms with van der Waals surface area (Å²) in [5.41, 5.74) is 1.81. The molecule has 0 bridgehead atoms. The van der Waals surface area contributed by atoms with E-state index >= 15 is 0 Å². The minimum Gasteiger partial charge on any atom is -0.486 e. The molecule has 1 amide bonds. The van der Waals surface area contributed by atoms with Crippen molar-refractivity contribution < 1.29 is 37.3 Å². The molecule has 3 N–H and O–H groups in total. The molecule has 4 rings (SSSR count). The van der Waals surface area contributed by atoms with Gasteiger partial charge in [-0.05, 0) is 42.0 Å². The minimum atomic E-state index is -5.08. The van der Waals surface area contributed by atoms with Gasteiger partial charge in [-0.2, -0.15) is 13.2 Å². The number of hydrogen-bond donors (Lipinski definition) is 3. The van der Waals surface area contributed by atoms with Gasteiger partial charge in [-0.3, -0.25) is 14.6 Å². The number of fused-ring (bicyclic) bond motifs is 1. The number of aliphatic carboxylic acids is 1. The third-order valence-electron chi connectivity index (χ3n) is 4.21. The van der Waals surface area contributed by atoms with Crippen molar-refractivity contribution in [2.75, 3.05) is 18.5 Å². The second-order valence-corrected chi connectivity index (χ2v) is 6.48. The average Bonchev–Trinajstić information content (AvgIpc) is 2.80. The summed E-state index contributed by atoms with van der Waals surface area (Å²) in [6.45, 7) is 0.918. The number of anilines is 1. The van der Waals surface area contributed by atoms with Crippen LogP contribution >= 0.6 is 0 Å². The van der Waals surface area contributed by atoms with Gasteiger partial charge < -0.3 is 24.9 Å². The van der Waals surface area contributed by atoms with Crippen LogP contribution in [-0.4, -0.2) is 46.3 Å². The summed E-state index contributed by atoms with van der Waals surface area (Å²) < 4.78 is 42.7. The van der Waals surface area contributed by atoms with Crippen LogP contribution in [0.1, 0.15) is 10.4 Å². The van der Waals surface area contributed by atoms with E-state index < -0.39 is 18.1 Å². The van der Waals surface area contributed by atoms with E-state index in [-0.39, 0.29) is 11.2 Å². The van der Waals surface area contributed by atoms with Gasteiger partial charge in [-0.15, -0.1) is 0 Å². The van der Waals surface area contributed by atoms with Crippen molar-refractivity contribution in [1.82, 2.24) is 9.97 Å². The predicted octanol–water partition coefficient (Wildman–Crippen LogP) is 3.09. The number of nitrogens with one attached hydrogen (secondary N) is 2. The lowest BCUT2D eigenvalue weighted by atomic mass is 10.1. The van der Waals surface area contributed by atoms with E-state index in [1.54, 1.807) is 42.9 Å². The van der Waals surface area contributed by atoms with Crippen molar-refractivity contribution in [3.05, 3.63) is 70.9 Å². The third-order valence-corrected chi connectivity index (χ3v) is 4.21. The second-order valence-electron chi connectivity index (χ2n) is 6.48. The maximum atomic E-state index is 12.5. The number of benzene rings is 1. The minimum absolute atomic E-state index is 0.166. The average molecular weight is 463 g/mol. The van der Waals surface area contributed by atoms with Gasteiger partial charge in [0.15, 0.2) is 11.5 Å². The first-order valence-corrected chi connectivity index (χ1v) is 9.29. The summed E-state index contributed by atoms with van der Waals surface area (Å²) in [7, 11) is 0. The van der Waals surface area contributed by atoms with E-state index in [0.717, 1.165) is 11.1 Å². The highest BCUT2D eigenvalue weighted by atomic mass is 19.4. The Morgan fingerprint density at radius 1 is 1.00 bits per heavy atom. The van der Waals surface area contributed by atoms with Crippen molar-refractivity contribution in [3.63, 3.8) is 0 Å². The van der Waals surface area contributed by atoms with E-state index in [2.05, 4.69) is 15.3 Å². The predicted molar refractivity (Wildman–Crippen MR) is 109 cm³/mol. The van der Waals surface area contributed by atoms with Crippen molar-refractivity contribution in [2.45, 2.75) is 6.18 Å². The summed E-state index contributed by atoms with van der Waals surface area (Å²) in [4.78, 5) is 40.1. The molecule has 33 heavy (non-hydrogen) atoms. The van der Waals surface area contributed by atoms with Gasteiger partial charge >= 0.3 is 12.1 Å². The molecular formula is C21H16F3N3O6. The highest BCUT2D eigenvalue weighted by molar-refractivity contribution is 6.04. The van der Waals surface area contributed by atoms with E-state index in [1.807, 2.05) is 12.1 Å². The highest BCUT2D eigenvalue weighted by Gasteiger charge is 2.38. The number of carboxylic acids is 1. The number of ether oxygens (including phenoxy) is 2. The van der Waals surface area contributed by atoms with Gasteiger partial charge in [0.2, 0.25) is 0 Å². The quantitative estimate of drug-likeness (QED) is 0.544. The number of carboxylic acid groups (broad SMARTS) is 1. The van der Waals surface area contributed by atoms with E-state index in [9.17, 15) is 22.8 Å². The van der Waals surface area contributed by atoms with Crippen LogP contribution in [0.5, 0.6) is 11.5 Å². The first-order valence-electron chi connectivity index (χ1n) is 9.29. The number of amides is 1. The molecule has 172 valence electrons. The topological polar surface area (TPSA) is 131 Å². The number of nitrogens with zero attached hydrogens (tertiary/aromatic N) is 1. The van der Waals surface area contributed by atoms with Crippen LogP contribution < -0.4 is 20.3 Å². The molecule has 0 radical (unpaired) electrons. The molecule has 0 atom stereocenters. The molecule has 0 spiro atoms. The van der Waals surface area contributed by atoms with Crippen LogP contribution in [0.3, 0.4) is 0 Å². The maximum Gasteiger partial charge on any atom is 0.490 e. The van der Waals surface area contributed by atoms with Gasteiger partial charge in [0.05, 0.1) is 0 Å². The molecular weight excluding hydrogens is 447 g/mol. The van der Waals surface area contributed by atoms with Crippen LogP contribution in [0, 0.1) is 0 Å². The van der Waals surface area contributed by atoms with Crippen molar-refractivity contribution in [1.29, 1.82) is 0 Å². The summed E-state index contributed by atoms with van der Waals surface area (Å²) in [6, 6.07) is 10.2. The van der Waals surface area contributed by atoms with E-state index in [0.29, 0.717) is 30.3 Å². The molecule has 1 aromatic carbocycles. The van der Waals surface area contributed by atoms with Gasteiger partial charge in [-0.1, -0.05) is 0 Å². The third kappa shape index (κ3) is 6.09. The fourth-order valence-electron chi connectivity index (χ4n) is 2.67. The molecule has 0 unspecified atom stereocenters. The fourth-order valence-corrected chi connectivity index (χ4v) is 2.67. The number of halogens is 3. The molecule has 1 aliphatic rings. The van der Waals surface area contributed by atoms with Crippen LogP contribution in [0.15, 0.2) is 59.8 Å². The number of alkyl halides is 3. The van der Waals surface area contributed by atoms with Gasteiger partial charge in [-0.25, -0.2) is 4.79 Å². The molecule has 2 aromatic heterocycles. The van der Waals surface area contributed by atoms with Gasteiger partial charge in [0.1, 0.15) is 18.9 Å². The summed E-state index contributed by atoms with van der Waals surface area (Å²) in [5.74, 6) is -2.04. The van der Waals surface area contributed by atoms with Gasteiger partial charge in [0.25, 0.3) is 11.5 Å². The molecule has 0 saturated carbocycles. The summed E-state index contributed by atoms with van der Waals surface area (Å²) >= 11 is 0. The number of carbonyl (C=O) groups excluding carboxylic acids is 1. The Labute approximate surface area is 183 Å². The lowest BCUT2D eigenvalue weighted by molar-refractivity contribution is -0.192. The normalized spacial score (nSPS) is 12.2. The second kappa shape index (κ2) is 9.85. The largest absolute Gasteiger partial charge is 0.490 e. The Hall–Kier alpha value is -4.35. The van der Waals surface area contributed by atoms with Crippen LogP contribution in [0.4, 0.5) is 18.9 Å². The zero-order valence-electron chi connectivity index (χ0n) is 16.7. The number of H-pyrrole nitrogens is 1. The van der Waals surface area contributed by atoms with Crippen LogP contribution in [0.2, 0.25) is 0 Å². The molecule has 9 nitrogen and oxygen atoms in total. The SMILES string of the molecule is O=C(Nc1cc(-c2ccncc2)c[nH]c1=O)c1ccc2c(c1)OCCO2.O=C(O)C(F)(F)F. The van der Waals surface area contributed by atoms with Crippen molar-refractivity contribution in [2.24, 2.45) is 0 Å². The number of hydrogen-bond acceptors (Lipinski definition) is 6. The Kier molecular flexibility index (Phi) is 6.96. The summed E-state index contributed by atoms with van der Waals surface area (Å²) in [6.07, 6.45) is -0.168. The van der Waals surface area contributed by atoms with Gasteiger partial charge in [0, 0.05) is 29.7 Å². The molecule has 3 aromatic rings. The first kappa shape index (κ1) is 23.3. The van der Waals surface area contributed by atoms with E-state index in [1.165, 1.54) is 0 Å². The van der Waals surface area contributed by atoms with E-state index in [4.69, 9.17) is 19.4 Å². The van der Waals surface area contributed by atoms with Crippen LogP contribution in [0.25, 0.3) is 11.1 Å². The summed E-state index contributed by atoms with van der Waals surface area (Å²) in [5, 5.41) is 9.77. The smallest absolute Gasteiger partial charge is 0.486 e. The zero-order valence-corrected chi connectivity index (χ0v) is 16.7. The molecule has 1 aliphatic heterocycles. The van der Waals surface area contributed by atoms with Crippen molar-refractivity contribution >= 4 is 17.6 Å². The number of aromatic amines is 1. The molecule has 3 heterocycles. The zero-order chi connectivity index (χ0) is 24.0. The first-order chi connectivity index (χ1) is 15.6. The Morgan fingerprint density at radius 3 is 2.27 bits per heavy atom. The fraction of sp³-hybridized carbons (Fsp3) is 0.143. The lowest BCUT2D eigenvalue weighted by Gasteiger charge is -2.18. The molecule has 0 fully saturated rings. The lowest BCUT2D eigenvalue weighted by Crippen LogP contribution is -2.21. The number of carbonyl (C=O) groups is 2. The van der Waals surface area contributed by atoms with Crippen LogP contribution in [-0.2, 0) is 4.79 Å².